The van der Waals surface area contributed by atoms with Crippen LogP contribution in [0.5, 0.6) is 0 Å². The van der Waals surface area contributed by atoms with Crippen molar-refractivity contribution in [3.8, 4) is 0 Å². The number of rotatable bonds is 4. The molecule has 2 amide bonds. The van der Waals surface area contributed by atoms with Crippen LogP contribution in [0.3, 0.4) is 0 Å². The van der Waals surface area contributed by atoms with Gasteiger partial charge in [0.15, 0.2) is 0 Å². The summed E-state index contributed by atoms with van der Waals surface area (Å²) in [6.07, 6.45) is 1.03. The van der Waals surface area contributed by atoms with Gasteiger partial charge in [-0.2, -0.15) is 0 Å². The molecule has 1 aromatic carbocycles. The Labute approximate surface area is 122 Å². The minimum atomic E-state index is -0.481. The summed E-state index contributed by atoms with van der Waals surface area (Å²) in [4.78, 5) is 25.2. The molecule has 1 aliphatic heterocycles. The van der Waals surface area contributed by atoms with Crippen LogP contribution in [0.25, 0.3) is 0 Å². The zero-order chi connectivity index (χ0) is 15.2. The molecule has 0 bridgehead atoms. The van der Waals surface area contributed by atoms with Gasteiger partial charge in [-0.05, 0) is 30.5 Å². The number of amides is 2. The molecule has 0 aliphatic carbocycles. The number of piperidine rings is 1. The Hall–Kier alpha value is -1.95. The van der Waals surface area contributed by atoms with Crippen LogP contribution in [0.1, 0.15) is 18.4 Å². The number of carbonyl (C=O) groups is 2. The quantitative estimate of drug-likeness (QED) is 0.848. The summed E-state index contributed by atoms with van der Waals surface area (Å²) in [7, 11) is 0. The van der Waals surface area contributed by atoms with E-state index < -0.39 is 11.9 Å². The minimum absolute atomic E-state index is 0.0354. The highest BCUT2D eigenvalue weighted by molar-refractivity contribution is 5.85. The smallest absolute Gasteiger partial charge is 0.242 e. The summed E-state index contributed by atoms with van der Waals surface area (Å²) in [5.41, 5.74) is 0.563. The van der Waals surface area contributed by atoms with Crippen molar-refractivity contribution in [1.29, 1.82) is 0 Å². The molecule has 0 spiro atoms. The van der Waals surface area contributed by atoms with E-state index in [4.69, 9.17) is 0 Å². The largest absolute Gasteiger partial charge is 0.391 e. The summed E-state index contributed by atoms with van der Waals surface area (Å²) < 4.78 is 13.0. The van der Waals surface area contributed by atoms with E-state index in [0.29, 0.717) is 25.1 Å². The zero-order valence-corrected chi connectivity index (χ0v) is 11.7. The van der Waals surface area contributed by atoms with Crippen LogP contribution in [-0.4, -0.2) is 47.6 Å². The van der Waals surface area contributed by atoms with Gasteiger partial charge in [0.05, 0.1) is 19.1 Å². The van der Waals surface area contributed by atoms with Gasteiger partial charge in [0.25, 0.3) is 0 Å². The number of β-amino-alcohol motifs (C(OH)–C–C–N with tert-alkyl or cyclic N) is 1. The molecular weight excluding hydrogens is 275 g/mol. The van der Waals surface area contributed by atoms with E-state index in [9.17, 15) is 19.1 Å². The highest BCUT2D eigenvalue weighted by Crippen LogP contribution is 2.09. The molecule has 1 aromatic rings. The predicted molar refractivity (Wildman–Crippen MR) is 74.9 cm³/mol. The number of carbonyl (C=O) groups excluding carboxylic acids is 2. The van der Waals surface area contributed by atoms with Crippen molar-refractivity contribution in [2.45, 2.75) is 25.4 Å². The van der Waals surface area contributed by atoms with Crippen LogP contribution in [-0.2, 0) is 16.0 Å². The Morgan fingerprint density at radius 3 is 2.95 bits per heavy atom. The van der Waals surface area contributed by atoms with Crippen molar-refractivity contribution in [2.24, 2.45) is 0 Å². The molecule has 0 aromatic heterocycles. The molecule has 1 fully saturated rings. The van der Waals surface area contributed by atoms with Gasteiger partial charge in [-0.25, -0.2) is 4.39 Å². The van der Waals surface area contributed by atoms with E-state index in [1.807, 2.05) is 0 Å². The molecular formula is C15H19FN2O3. The first-order valence-corrected chi connectivity index (χ1v) is 7.01. The summed E-state index contributed by atoms with van der Waals surface area (Å²) in [5.74, 6) is -0.925. The molecule has 5 nitrogen and oxygen atoms in total. The molecule has 21 heavy (non-hydrogen) atoms. The highest BCUT2D eigenvalue weighted by Gasteiger charge is 2.22. The number of nitrogens with one attached hydrogen (secondary N) is 1. The number of nitrogens with zero attached hydrogens (tertiary/aromatic N) is 1. The Bertz CT molecular complexity index is 521. The molecule has 1 aliphatic rings. The van der Waals surface area contributed by atoms with Gasteiger partial charge >= 0.3 is 0 Å². The Morgan fingerprint density at radius 1 is 1.43 bits per heavy atom. The van der Waals surface area contributed by atoms with Crippen molar-refractivity contribution in [3.63, 3.8) is 0 Å². The van der Waals surface area contributed by atoms with Gasteiger partial charge in [-0.15, -0.1) is 0 Å². The Morgan fingerprint density at radius 2 is 2.24 bits per heavy atom. The van der Waals surface area contributed by atoms with Crippen LogP contribution in [0.2, 0.25) is 0 Å². The average molecular weight is 294 g/mol. The summed E-state index contributed by atoms with van der Waals surface area (Å²) >= 11 is 0. The number of hydrogen-bond acceptors (Lipinski definition) is 3. The number of hydrogen-bond donors (Lipinski definition) is 2. The first kappa shape index (κ1) is 15.4. The second-order valence-corrected chi connectivity index (χ2v) is 5.22. The van der Waals surface area contributed by atoms with Crippen LogP contribution in [0, 0.1) is 5.82 Å². The van der Waals surface area contributed by atoms with Gasteiger partial charge < -0.3 is 15.3 Å². The third-order valence-electron chi connectivity index (χ3n) is 3.44. The number of halogens is 1. The molecule has 6 heteroatoms. The van der Waals surface area contributed by atoms with Crippen LogP contribution in [0.15, 0.2) is 24.3 Å². The summed E-state index contributed by atoms with van der Waals surface area (Å²) in [6.45, 7) is 0.829. The van der Waals surface area contributed by atoms with Crippen molar-refractivity contribution >= 4 is 11.8 Å². The van der Waals surface area contributed by atoms with Crippen LogP contribution in [0.4, 0.5) is 4.39 Å². The molecule has 1 saturated heterocycles. The van der Waals surface area contributed by atoms with Crippen LogP contribution < -0.4 is 5.32 Å². The predicted octanol–water partition coefficient (Wildman–Crippen LogP) is 0.468. The fraction of sp³-hybridized carbons (Fsp3) is 0.467. The first-order chi connectivity index (χ1) is 10.0. The topological polar surface area (TPSA) is 69.6 Å². The van der Waals surface area contributed by atoms with Crippen molar-refractivity contribution in [3.05, 3.63) is 35.6 Å². The van der Waals surface area contributed by atoms with Gasteiger partial charge in [-0.1, -0.05) is 12.1 Å². The fourth-order valence-corrected chi connectivity index (χ4v) is 2.36. The summed E-state index contributed by atoms with van der Waals surface area (Å²) in [6, 6.07) is 5.80. The number of likely N-dealkylation sites (tertiary alicyclic amines) is 1. The number of aliphatic hydroxyl groups excluding tert-OH is 1. The third kappa shape index (κ3) is 4.82. The lowest BCUT2D eigenvalue weighted by molar-refractivity contribution is -0.135. The Kier molecular flexibility index (Phi) is 5.27. The van der Waals surface area contributed by atoms with E-state index in [1.54, 1.807) is 11.0 Å². The monoisotopic (exact) mass is 294 g/mol. The van der Waals surface area contributed by atoms with Crippen molar-refractivity contribution < 1.29 is 19.1 Å². The molecule has 1 unspecified atom stereocenters. The lowest BCUT2D eigenvalue weighted by Gasteiger charge is -2.30. The lowest BCUT2D eigenvalue weighted by Crippen LogP contribution is -2.46. The van der Waals surface area contributed by atoms with E-state index in [0.717, 1.165) is 6.42 Å². The third-order valence-corrected chi connectivity index (χ3v) is 3.44. The Balaban J connectivity index is 1.77. The van der Waals surface area contributed by atoms with Crippen molar-refractivity contribution in [1.82, 2.24) is 10.2 Å². The number of benzene rings is 1. The standard InChI is InChI=1S/C15H19FN2O3/c16-12-4-1-3-11(7-12)8-14(20)17-9-15(21)18-6-2-5-13(19)10-18/h1,3-4,7,13,19H,2,5-6,8-10H2,(H,17,20). The SMILES string of the molecule is O=C(Cc1cccc(F)c1)NCC(=O)N1CCCC(O)C1. The average Bonchev–Trinajstić information content (AvgIpc) is 2.45. The van der Waals surface area contributed by atoms with E-state index >= 15 is 0 Å². The van der Waals surface area contributed by atoms with Crippen molar-refractivity contribution in [2.75, 3.05) is 19.6 Å². The normalized spacial score (nSPS) is 18.4. The maximum atomic E-state index is 13.0. The second kappa shape index (κ2) is 7.17. The zero-order valence-electron chi connectivity index (χ0n) is 11.7. The maximum Gasteiger partial charge on any atom is 0.242 e. The molecule has 0 radical (unpaired) electrons. The minimum Gasteiger partial charge on any atom is -0.391 e. The molecule has 1 atom stereocenters. The summed E-state index contributed by atoms with van der Waals surface area (Å²) in [5, 5.41) is 12.0. The fourth-order valence-electron chi connectivity index (χ4n) is 2.36. The van der Waals surface area contributed by atoms with Gasteiger partial charge in [0, 0.05) is 13.1 Å². The lowest BCUT2D eigenvalue weighted by atomic mass is 10.1. The van der Waals surface area contributed by atoms with Gasteiger partial charge in [-0.3, -0.25) is 9.59 Å². The molecule has 0 saturated carbocycles. The van der Waals surface area contributed by atoms with Crippen LogP contribution >= 0.6 is 0 Å². The van der Waals surface area contributed by atoms with E-state index in [1.165, 1.54) is 18.2 Å². The number of aliphatic hydroxyl groups is 1. The molecule has 114 valence electrons. The maximum absolute atomic E-state index is 13.0. The molecule has 2 rings (SSSR count). The highest BCUT2D eigenvalue weighted by atomic mass is 19.1. The van der Waals surface area contributed by atoms with Gasteiger partial charge in [0.1, 0.15) is 5.82 Å². The second-order valence-electron chi connectivity index (χ2n) is 5.22. The van der Waals surface area contributed by atoms with E-state index in [2.05, 4.69) is 5.32 Å². The van der Waals surface area contributed by atoms with Gasteiger partial charge in [0.2, 0.25) is 11.8 Å². The molecule has 2 N–H and O–H groups in total. The molecule has 1 heterocycles. The first-order valence-electron chi connectivity index (χ1n) is 7.01. The van der Waals surface area contributed by atoms with E-state index in [-0.39, 0.29) is 24.8 Å².